The fourth-order valence-corrected chi connectivity index (χ4v) is 3.18. The van der Waals surface area contributed by atoms with Crippen LogP contribution in [0.3, 0.4) is 0 Å². The molecule has 0 saturated carbocycles. The summed E-state index contributed by atoms with van der Waals surface area (Å²) in [5.74, 6) is 0. The molecule has 0 amide bonds. The second kappa shape index (κ2) is 6.19. The van der Waals surface area contributed by atoms with E-state index >= 15 is 0 Å². The summed E-state index contributed by atoms with van der Waals surface area (Å²) >= 11 is 4.88. The number of halogens is 1. The van der Waals surface area contributed by atoms with Gasteiger partial charge in [-0.1, -0.05) is 24.3 Å². The summed E-state index contributed by atoms with van der Waals surface area (Å²) in [4.78, 5) is 11.7. The van der Waals surface area contributed by atoms with E-state index in [4.69, 9.17) is 0 Å². The van der Waals surface area contributed by atoms with E-state index in [1.807, 2.05) is 36.4 Å². The Morgan fingerprint density at radius 3 is 2.67 bits per heavy atom. The largest absolute Gasteiger partial charge is 0.298 e. The van der Waals surface area contributed by atoms with Crippen molar-refractivity contribution in [1.29, 1.82) is 0 Å². The highest BCUT2D eigenvalue weighted by atomic mass is 79.9. The Labute approximate surface area is 133 Å². The fourth-order valence-electron chi connectivity index (χ4n) is 1.75. The molecule has 5 nitrogen and oxygen atoms in total. The Morgan fingerprint density at radius 2 is 1.95 bits per heavy atom. The maximum atomic E-state index is 10.8. The lowest BCUT2D eigenvalue weighted by atomic mass is 10.2. The molecule has 0 aliphatic carbocycles. The summed E-state index contributed by atoms with van der Waals surface area (Å²) in [6, 6.07) is 15.1. The molecule has 1 aromatic heterocycles. The first kappa shape index (κ1) is 14.0. The van der Waals surface area contributed by atoms with Crippen LogP contribution in [0.15, 0.2) is 63.1 Å². The van der Waals surface area contributed by atoms with E-state index in [1.165, 1.54) is 11.8 Å². The molecule has 3 rings (SSSR count). The first-order valence-electron chi connectivity index (χ1n) is 6.04. The Hall–Kier alpha value is -1.99. The van der Waals surface area contributed by atoms with Gasteiger partial charge >= 0.3 is 0 Å². The van der Waals surface area contributed by atoms with Gasteiger partial charge in [-0.25, -0.2) is 0 Å². The molecule has 0 aliphatic rings. The summed E-state index contributed by atoms with van der Waals surface area (Å²) in [5, 5.41) is 12.4. The van der Waals surface area contributed by atoms with E-state index < -0.39 is 0 Å². The Morgan fingerprint density at radius 1 is 1.14 bits per heavy atom. The maximum Gasteiger partial charge on any atom is 0.218 e. The van der Waals surface area contributed by atoms with Crippen LogP contribution in [0.25, 0.3) is 5.69 Å². The van der Waals surface area contributed by atoms with Gasteiger partial charge in [0.15, 0.2) is 0 Å². The van der Waals surface area contributed by atoms with Crippen molar-refractivity contribution in [3.8, 4) is 5.69 Å². The first-order valence-corrected chi connectivity index (χ1v) is 7.65. The lowest BCUT2D eigenvalue weighted by Crippen LogP contribution is -1.98. The van der Waals surface area contributed by atoms with Crippen molar-refractivity contribution in [2.24, 2.45) is 0 Å². The molecule has 21 heavy (non-hydrogen) atoms. The van der Waals surface area contributed by atoms with Crippen LogP contribution in [0.4, 0.5) is 0 Å². The van der Waals surface area contributed by atoms with Crippen LogP contribution >= 0.6 is 27.7 Å². The quantitative estimate of drug-likeness (QED) is 0.667. The molecule has 0 bridgehead atoms. The lowest BCUT2D eigenvalue weighted by molar-refractivity contribution is 0.112. The normalized spacial score (nSPS) is 10.5. The molecule has 0 aliphatic heterocycles. The monoisotopic (exact) mass is 360 g/mol. The van der Waals surface area contributed by atoms with Crippen LogP contribution in [0, 0.1) is 0 Å². The molecule has 7 heteroatoms. The minimum atomic E-state index is 0.619. The van der Waals surface area contributed by atoms with E-state index in [1.54, 1.807) is 16.8 Å². The minimum Gasteiger partial charge on any atom is -0.298 e. The summed E-state index contributed by atoms with van der Waals surface area (Å²) in [6.45, 7) is 0. The molecular formula is C14H9BrN4OS. The molecule has 0 radical (unpaired) electrons. The second-order valence-corrected chi connectivity index (χ2v) is 5.98. The van der Waals surface area contributed by atoms with Crippen LogP contribution in [0.1, 0.15) is 10.4 Å². The van der Waals surface area contributed by atoms with Gasteiger partial charge in [0.2, 0.25) is 5.16 Å². The third-order valence-electron chi connectivity index (χ3n) is 2.73. The maximum absolute atomic E-state index is 10.8. The average Bonchev–Trinajstić information content (AvgIpc) is 2.98. The van der Waals surface area contributed by atoms with Gasteiger partial charge in [0.25, 0.3) is 0 Å². The van der Waals surface area contributed by atoms with Gasteiger partial charge in [-0.2, -0.15) is 4.68 Å². The number of hydrogen-bond donors (Lipinski definition) is 0. The van der Waals surface area contributed by atoms with Gasteiger partial charge in [0, 0.05) is 14.9 Å². The Bertz CT molecular complexity index is 776. The van der Waals surface area contributed by atoms with Crippen molar-refractivity contribution in [1.82, 2.24) is 20.2 Å². The second-order valence-electron chi connectivity index (χ2n) is 4.12. The third kappa shape index (κ3) is 3.03. The summed E-state index contributed by atoms with van der Waals surface area (Å²) in [7, 11) is 0. The molecule has 0 atom stereocenters. The van der Waals surface area contributed by atoms with E-state index in [2.05, 4.69) is 31.5 Å². The molecule has 0 N–H and O–H groups in total. The number of carbonyl (C=O) groups excluding carboxylic acids is 1. The molecule has 0 unspecified atom stereocenters. The number of nitrogens with zero attached hydrogens (tertiary/aromatic N) is 4. The van der Waals surface area contributed by atoms with Crippen molar-refractivity contribution in [2.75, 3.05) is 0 Å². The molecule has 0 fully saturated rings. The van der Waals surface area contributed by atoms with Crippen LogP contribution in [0.5, 0.6) is 0 Å². The predicted octanol–water partition coefficient (Wildman–Crippen LogP) is 3.39. The van der Waals surface area contributed by atoms with Crippen molar-refractivity contribution < 1.29 is 4.79 Å². The molecule has 104 valence electrons. The molecule has 2 aromatic carbocycles. The van der Waals surface area contributed by atoms with Gasteiger partial charge < -0.3 is 0 Å². The van der Waals surface area contributed by atoms with Crippen LogP contribution < -0.4 is 0 Å². The first-order chi connectivity index (χ1) is 10.3. The highest BCUT2D eigenvalue weighted by Gasteiger charge is 2.12. The van der Waals surface area contributed by atoms with Crippen molar-refractivity contribution >= 4 is 34.0 Å². The Kier molecular flexibility index (Phi) is 4.12. The number of hydrogen-bond acceptors (Lipinski definition) is 5. The number of para-hydroxylation sites is 1. The van der Waals surface area contributed by atoms with Crippen molar-refractivity contribution in [3.05, 3.63) is 58.6 Å². The van der Waals surface area contributed by atoms with Crippen molar-refractivity contribution in [3.63, 3.8) is 0 Å². The molecule has 0 saturated heterocycles. The van der Waals surface area contributed by atoms with Gasteiger partial charge in [0.1, 0.15) is 6.29 Å². The van der Waals surface area contributed by atoms with E-state index in [0.717, 1.165) is 21.3 Å². The predicted molar refractivity (Wildman–Crippen MR) is 82.8 cm³/mol. The van der Waals surface area contributed by atoms with Crippen molar-refractivity contribution in [2.45, 2.75) is 10.1 Å². The standard InChI is InChI=1S/C14H9BrN4OS/c15-12-8-10(9-20)6-7-13(12)21-14-16-17-18-19(14)11-4-2-1-3-5-11/h1-9H. The van der Waals surface area contributed by atoms with Crippen LogP contribution in [-0.2, 0) is 0 Å². The average molecular weight is 361 g/mol. The number of tetrazole rings is 1. The minimum absolute atomic E-state index is 0.619. The lowest BCUT2D eigenvalue weighted by Gasteiger charge is -2.05. The molecular weight excluding hydrogens is 352 g/mol. The number of benzene rings is 2. The molecule has 0 spiro atoms. The number of aldehydes is 1. The molecule has 3 aromatic rings. The Balaban J connectivity index is 1.93. The van der Waals surface area contributed by atoms with Gasteiger partial charge in [-0.15, -0.1) is 5.10 Å². The zero-order chi connectivity index (χ0) is 14.7. The zero-order valence-electron chi connectivity index (χ0n) is 10.7. The number of aromatic nitrogens is 4. The number of carbonyl (C=O) groups is 1. The van der Waals surface area contributed by atoms with Gasteiger partial charge in [-0.05, 0) is 62.4 Å². The third-order valence-corrected chi connectivity index (χ3v) is 4.67. The summed E-state index contributed by atoms with van der Waals surface area (Å²) in [6.07, 6.45) is 0.813. The molecule has 1 heterocycles. The van der Waals surface area contributed by atoms with Gasteiger partial charge in [-0.3, -0.25) is 4.79 Å². The SMILES string of the molecule is O=Cc1ccc(Sc2nnnn2-c2ccccc2)c(Br)c1. The summed E-state index contributed by atoms with van der Waals surface area (Å²) in [5.41, 5.74) is 1.51. The topological polar surface area (TPSA) is 60.7 Å². The highest BCUT2D eigenvalue weighted by molar-refractivity contribution is 9.10. The highest BCUT2D eigenvalue weighted by Crippen LogP contribution is 2.33. The zero-order valence-corrected chi connectivity index (χ0v) is 13.1. The summed E-state index contributed by atoms with van der Waals surface area (Å²) < 4.78 is 2.50. The van der Waals surface area contributed by atoms with E-state index in [0.29, 0.717) is 10.7 Å². The van der Waals surface area contributed by atoms with Crippen LogP contribution in [-0.4, -0.2) is 26.5 Å². The van der Waals surface area contributed by atoms with E-state index in [9.17, 15) is 4.79 Å². The number of rotatable bonds is 4. The van der Waals surface area contributed by atoms with E-state index in [-0.39, 0.29) is 0 Å². The smallest absolute Gasteiger partial charge is 0.218 e. The van der Waals surface area contributed by atoms with Gasteiger partial charge in [0.05, 0.1) is 5.69 Å². The fraction of sp³-hybridized carbons (Fsp3) is 0. The van der Waals surface area contributed by atoms with Crippen LogP contribution in [0.2, 0.25) is 0 Å².